The maximum Gasteiger partial charge on any atom is 0.133 e. The second-order valence-corrected chi connectivity index (χ2v) is 8.89. The van der Waals surface area contributed by atoms with Crippen LogP contribution in [0.2, 0.25) is 0 Å². The summed E-state index contributed by atoms with van der Waals surface area (Å²) in [5, 5.41) is 11.4. The van der Waals surface area contributed by atoms with Crippen molar-refractivity contribution >= 4 is 16.7 Å². The van der Waals surface area contributed by atoms with Gasteiger partial charge in [-0.2, -0.15) is 0 Å². The lowest BCUT2D eigenvalue weighted by atomic mass is 9.88. The Hall–Kier alpha value is -1.69. The molecule has 2 aromatic rings. The van der Waals surface area contributed by atoms with E-state index in [2.05, 4.69) is 55.0 Å². The van der Waals surface area contributed by atoms with Gasteiger partial charge in [-0.05, 0) is 45.0 Å². The highest BCUT2D eigenvalue weighted by molar-refractivity contribution is 5.82. The van der Waals surface area contributed by atoms with Gasteiger partial charge < -0.3 is 19.6 Å². The van der Waals surface area contributed by atoms with Crippen molar-refractivity contribution in [2.24, 2.45) is 5.41 Å². The first-order valence-electron chi connectivity index (χ1n) is 10.0. The fourth-order valence-electron chi connectivity index (χ4n) is 4.41. The Kier molecular flexibility index (Phi) is 5.10. The molecule has 2 saturated heterocycles. The smallest absolute Gasteiger partial charge is 0.133 e. The Balaban J connectivity index is 1.65. The van der Waals surface area contributed by atoms with Crippen molar-refractivity contribution in [2.45, 2.75) is 39.3 Å². The number of ether oxygens (including phenoxy) is 1. The predicted molar refractivity (Wildman–Crippen MR) is 109 cm³/mol. The van der Waals surface area contributed by atoms with Crippen molar-refractivity contribution in [1.29, 1.82) is 0 Å². The van der Waals surface area contributed by atoms with Gasteiger partial charge in [0.25, 0.3) is 0 Å². The zero-order valence-corrected chi connectivity index (χ0v) is 16.7. The van der Waals surface area contributed by atoms with E-state index in [0.29, 0.717) is 6.54 Å². The number of piperidine rings is 1. The van der Waals surface area contributed by atoms with Gasteiger partial charge in [-0.1, -0.05) is 18.6 Å². The number of aliphatic hydroxyl groups is 1. The van der Waals surface area contributed by atoms with E-state index < -0.39 is 0 Å². The molecule has 1 aromatic carbocycles. The summed E-state index contributed by atoms with van der Waals surface area (Å²) in [6.45, 7) is 9.61. The van der Waals surface area contributed by atoms with Crippen LogP contribution in [0.3, 0.4) is 0 Å². The number of aryl methyl sites for hydroxylation is 1. The van der Waals surface area contributed by atoms with Crippen LogP contribution in [0.5, 0.6) is 0 Å². The van der Waals surface area contributed by atoms with E-state index in [4.69, 9.17) is 9.72 Å². The van der Waals surface area contributed by atoms with Crippen molar-refractivity contribution in [3.05, 3.63) is 35.4 Å². The van der Waals surface area contributed by atoms with Gasteiger partial charge in [0.1, 0.15) is 5.82 Å². The molecule has 1 N–H and O–H groups in total. The quantitative estimate of drug-likeness (QED) is 0.878. The van der Waals surface area contributed by atoms with Crippen LogP contribution in [-0.2, 0) is 11.3 Å². The molecular weight excluding hydrogens is 338 g/mol. The number of β-amino-alcohol motifs (C(OH)–C–C–N with tert-alkyl or cyclic N) is 1. The number of fused-ring (bicyclic) bond motifs is 1. The van der Waals surface area contributed by atoms with Crippen LogP contribution in [0.25, 0.3) is 10.9 Å². The first-order valence-corrected chi connectivity index (χ1v) is 10.0. The van der Waals surface area contributed by atoms with Crippen LogP contribution < -0.4 is 4.90 Å². The molecule has 0 amide bonds. The molecule has 3 heterocycles. The molecule has 0 saturated carbocycles. The van der Waals surface area contributed by atoms with E-state index in [9.17, 15) is 5.11 Å². The van der Waals surface area contributed by atoms with E-state index in [1.54, 1.807) is 0 Å². The molecule has 0 aliphatic carbocycles. The number of benzene rings is 1. The predicted octanol–water partition coefficient (Wildman–Crippen LogP) is 2.97. The third-order valence-corrected chi connectivity index (χ3v) is 5.72. The zero-order chi connectivity index (χ0) is 19.0. The summed E-state index contributed by atoms with van der Waals surface area (Å²) in [7, 11) is 2.18. The summed E-state index contributed by atoms with van der Waals surface area (Å²) in [6.07, 6.45) is 1.64. The lowest BCUT2D eigenvalue weighted by Crippen LogP contribution is -2.47. The van der Waals surface area contributed by atoms with E-state index in [1.807, 2.05) is 0 Å². The zero-order valence-electron chi connectivity index (χ0n) is 16.7. The molecule has 0 spiro atoms. The monoisotopic (exact) mass is 369 g/mol. The van der Waals surface area contributed by atoms with Gasteiger partial charge in [0, 0.05) is 42.5 Å². The van der Waals surface area contributed by atoms with E-state index in [0.717, 1.165) is 57.0 Å². The molecule has 1 atom stereocenters. The molecule has 5 heteroatoms. The summed E-state index contributed by atoms with van der Waals surface area (Å²) >= 11 is 0. The first kappa shape index (κ1) is 18.7. The average Bonchev–Trinajstić information content (AvgIpc) is 2.59. The Morgan fingerprint density at radius 3 is 2.85 bits per heavy atom. The van der Waals surface area contributed by atoms with Crippen molar-refractivity contribution in [2.75, 3.05) is 44.8 Å². The Morgan fingerprint density at radius 2 is 2.15 bits per heavy atom. The van der Waals surface area contributed by atoms with Gasteiger partial charge in [0.05, 0.1) is 24.8 Å². The number of nitrogens with zero attached hydrogens (tertiary/aromatic N) is 3. The number of hydrogen-bond donors (Lipinski definition) is 1. The molecule has 146 valence electrons. The van der Waals surface area contributed by atoms with Crippen LogP contribution in [0.15, 0.2) is 24.3 Å². The number of aliphatic hydroxyl groups excluding tert-OH is 1. The highest BCUT2D eigenvalue weighted by atomic mass is 16.5. The number of rotatable bonds is 5. The fourth-order valence-corrected chi connectivity index (χ4v) is 4.41. The van der Waals surface area contributed by atoms with Gasteiger partial charge in [0.15, 0.2) is 0 Å². The molecule has 1 aromatic heterocycles. The standard InChI is InChI=1S/C22H31N3O2/c1-16-6-7-20-17(9-16)10-18(11-24(3)13-22(2)14-27-15-22)21(23-20)25-8-4-5-19(26)12-25/h6-7,9-10,19,26H,4-5,8,11-15H2,1-3H3/t19-/m1/s1. The van der Waals surface area contributed by atoms with Crippen LogP contribution in [0.4, 0.5) is 5.82 Å². The van der Waals surface area contributed by atoms with E-state index >= 15 is 0 Å². The summed E-state index contributed by atoms with van der Waals surface area (Å²) in [4.78, 5) is 9.67. The molecule has 0 radical (unpaired) electrons. The third-order valence-electron chi connectivity index (χ3n) is 5.72. The van der Waals surface area contributed by atoms with Crippen molar-refractivity contribution in [1.82, 2.24) is 9.88 Å². The van der Waals surface area contributed by atoms with Crippen LogP contribution >= 0.6 is 0 Å². The van der Waals surface area contributed by atoms with Crippen molar-refractivity contribution in [3.8, 4) is 0 Å². The number of aromatic nitrogens is 1. The van der Waals surface area contributed by atoms with Crippen LogP contribution in [0.1, 0.15) is 30.9 Å². The van der Waals surface area contributed by atoms with Crippen molar-refractivity contribution in [3.63, 3.8) is 0 Å². The minimum Gasteiger partial charge on any atom is -0.391 e. The minimum atomic E-state index is -0.258. The molecule has 2 aliphatic heterocycles. The third kappa shape index (κ3) is 4.10. The van der Waals surface area contributed by atoms with Crippen molar-refractivity contribution < 1.29 is 9.84 Å². The maximum absolute atomic E-state index is 10.2. The summed E-state index contributed by atoms with van der Waals surface area (Å²) < 4.78 is 5.42. The molecule has 27 heavy (non-hydrogen) atoms. The van der Waals surface area contributed by atoms with E-state index in [1.165, 1.54) is 16.5 Å². The second kappa shape index (κ2) is 7.38. The normalized spacial score (nSPS) is 22.3. The minimum absolute atomic E-state index is 0.258. The summed E-state index contributed by atoms with van der Waals surface area (Å²) in [5.74, 6) is 1.03. The molecular formula is C22H31N3O2. The number of pyridine rings is 1. The topological polar surface area (TPSA) is 48.8 Å². The molecule has 2 aliphatic rings. The van der Waals surface area contributed by atoms with Crippen LogP contribution in [-0.4, -0.2) is 61.0 Å². The first-order chi connectivity index (χ1) is 12.9. The Bertz CT molecular complexity index is 819. The van der Waals surface area contributed by atoms with Gasteiger partial charge >= 0.3 is 0 Å². The summed E-state index contributed by atoms with van der Waals surface area (Å²) in [5.41, 5.74) is 3.79. The Labute approximate surface area is 161 Å². The lowest BCUT2D eigenvalue weighted by molar-refractivity contribution is -0.113. The van der Waals surface area contributed by atoms with Gasteiger partial charge in [-0.25, -0.2) is 4.98 Å². The van der Waals surface area contributed by atoms with Gasteiger partial charge in [0.2, 0.25) is 0 Å². The molecule has 0 bridgehead atoms. The highest BCUT2D eigenvalue weighted by Crippen LogP contribution is 2.31. The Morgan fingerprint density at radius 1 is 1.33 bits per heavy atom. The van der Waals surface area contributed by atoms with Gasteiger partial charge in [-0.15, -0.1) is 0 Å². The lowest BCUT2D eigenvalue weighted by Gasteiger charge is -2.41. The largest absolute Gasteiger partial charge is 0.391 e. The molecule has 4 rings (SSSR count). The molecule has 5 nitrogen and oxygen atoms in total. The fraction of sp³-hybridized carbons (Fsp3) is 0.591. The average molecular weight is 370 g/mol. The number of anilines is 1. The van der Waals surface area contributed by atoms with E-state index in [-0.39, 0.29) is 11.5 Å². The summed E-state index contributed by atoms with van der Waals surface area (Å²) in [6, 6.07) is 8.73. The molecule has 2 fully saturated rings. The molecule has 0 unspecified atom stereocenters. The maximum atomic E-state index is 10.2. The second-order valence-electron chi connectivity index (χ2n) is 8.89. The highest BCUT2D eigenvalue weighted by Gasteiger charge is 2.34. The van der Waals surface area contributed by atoms with Gasteiger partial charge in [-0.3, -0.25) is 0 Å². The SMILES string of the molecule is Cc1ccc2nc(N3CCC[C@@H](O)C3)c(CN(C)CC3(C)COC3)cc2c1. The number of hydrogen-bond acceptors (Lipinski definition) is 5. The van der Waals surface area contributed by atoms with Crippen LogP contribution in [0, 0.1) is 12.3 Å².